The van der Waals surface area contributed by atoms with Gasteiger partial charge in [-0.05, 0) is 160 Å². The third-order valence-corrected chi connectivity index (χ3v) is 11.4. The first-order valence-corrected chi connectivity index (χ1v) is 23.0. The van der Waals surface area contributed by atoms with Crippen LogP contribution in [0.25, 0.3) is 22.3 Å². The minimum Gasteiger partial charge on any atom is -0.619 e. The van der Waals surface area contributed by atoms with Gasteiger partial charge in [-0.2, -0.15) is 4.73 Å². The highest BCUT2D eigenvalue weighted by Crippen LogP contribution is 2.33. The van der Waals surface area contributed by atoms with Crippen LogP contribution in [0.4, 0.5) is 13.2 Å². The van der Waals surface area contributed by atoms with E-state index in [1.165, 1.54) is 55.0 Å². The van der Waals surface area contributed by atoms with Gasteiger partial charge < -0.3 is 29.5 Å². The first-order chi connectivity index (χ1) is 34.4. The zero-order valence-corrected chi connectivity index (χ0v) is 40.7. The van der Waals surface area contributed by atoms with Gasteiger partial charge in [-0.1, -0.05) is 74.2 Å². The topological polar surface area (TPSA) is 121 Å². The van der Waals surface area contributed by atoms with Crippen molar-refractivity contribution in [3.8, 4) is 39.5 Å². The van der Waals surface area contributed by atoms with Crippen LogP contribution in [0.15, 0.2) is 205 Å². The Balaban J connectivity index is 0.000000185. The Morgan fingerprint density at radius 2 is 0.917 bits per heavy atom. The van der Waals surface area contributed by atoms with Crippen molar-refractivity contribution in [3.63, 3.8) is 0 Å². The summed E-state index contributed by atoms with van der Waals surface area (Å²) >= 11 is 3.45. The van der Waals surface area contributed by atoms with Crippen molar-refractivity contribution in [1.29, 1.82) is 0 Å². The van der Waals surface area contributed by atoms with Crippen molar-refractivity contribution in [2.24, 2.45) is 0 Å². The molecule has 0 amide bonds. The van der Waals surface area contributed by atoms with Crippen LogP contribution in [0.3, 0.4) is 0 Å². The van der Waals surface area contributed by atoms with Gasteiger partial charge in [-0.15, -0.1) is 0 Å². The van der Waals surface area contributed by atoms with Crippen LogP contribution in [0.2, 0.25) is 0 Å². The lowest BCUT2D eigenvalue weighted by Crippen LogP contribution is -2.29. The molecule has 2 N–H and O–H groups in total. The highest BCUT2D eigenvalue weighted by Gasteiger charge is 2.12. The number of rotatable bonds is 12. The fourth-order valence-electron chi connectivity index (χ4n) is 7.18. The van der Waals surface area contributed by atoms with Gasteiger partial charge in [0.2, 0.25) is 0 Å². The van der Waals surface area contributed by atoms with E-state index in [9.17, 15) is 18.4 Å². The van der Waals surface area contributed by atoms with E-state index in [1.807, 2.05) is 85.1 Å². The number of aromatic nitrogens is 3. The maximum atomic E-state index is 13.0. The zero-order valence-electron chi connectivity index (χ0n) is 39.1. The minimum absolute atomic E-state index is 0. The molecule has 0 radical (unpaired) electrons. The number of pyridine rings is 3. The van der Waals surface area contributed by atoms with Crippen LogP contribution < -0.4 is 24.4 Å². The lowest BCUT2D eigenvalue weighted by molar-refractivity contribution is -0.604. The molecule has 14 heteroatoms. The van der Waals surface area contributed by atoms with Crippen LogP contribution in [-0.2, 0) is 19.3 Å². The first-order valence-electron chi connectivity index (χ1n) is 22.2. The average Bonchev–Trinajstić information content (AvgIpc) is 3.39. The number of benzene rings is 6. The van der Waals surface area contributed by atoms with E-state index in [2.05, 4.69) is 32.0 Å². The third-order valence-electron chi connectivity index (χ3n) is 10.7. The highest BCUT2D eigenvalue weighted by atomic mass is 79.9. The number of ether oxygens (including phenoxy) is 3. The van der Waals surface area contributed by atoms with Crippen molar-refractivity contribution in [2.45, 2.75) is 26.7 Å². The number of nitrogens with zero attached hydrogens (tertiary/aromatic N) is 3. The van der Waals surface area contributed by atoms with Gasteiger partial charge in [-0.25, -0.2) is 13.2 Å². The van der Waals surface area contributed by atoms with Crippen LogP contribution in [0, 0.1) is 22.7 Å². The Labute approximate surface area is 427 Å². The summed E-state index contributed by atoms with van der Waals surface area (Å²) in [6.45, 7) is 0. The molecule has 0 saturated carbocycles. The second-order valence-electron chi connectivity index (χ2n) is 15.8. The van der Waals surface area contributed by atoms with E-state index in [0.717, 1.165) is 89.2 Å². The normalized spacial score (nSPS) is 10.1. The molecule has 0 atom stereocenters. The van der Waals surface area contributed by atoms with Gasteiger partial charge in [0.15, 0.2) is 12.4 Å². The minimum atomic E-state index is -1.40. The van der Waals surface area contributed by atoms with Crippen LogP contribution in [-0.4, -0.2) is 48.5 Å². The Morgan fingerprint density at radius 1 is 0.514 bits per heavy atom. The van der Waals surface area contributed by atoms with Crippen LogP contribution in [0.1, 0.15) is 40.8 Å². The van der Waals surface area contributed by atoms with Crippen molar-refractivity contribution >= 4 is 28.5 Å². The molecule has 0 aliphatic carbocycles. The summed E-state index contributed by atoms with van der Waals surface area (Å²) in [5, 5.41) is 28.6. The maximum Gasteiger partial charge on any atom is 0.490 e. The summed E-state index contributed by atoms with van der Waals surface area (Å²) in [6, 6.07) is 48.2. The molecule has 0 aliphatic heterocycles. The molecule has 0 unspecified atom stereocenters. The van der Waals surface area contributed by atoms with Gasteiger partial charge >= 0.3 is 7.12 Å². The van der Waals surface area contributed by atoms with Crippen molar-refractivity contribution in [1.82, 2.24) is 9.97 Å². The Hall–Kier alpha value is -7.78. The number of hydrogen-bond acceptors (Lipinski definition) is 8. The third kappa shape index (κ3) is 17.0. The van der Waals surface area contributed by atoms with Crippen molar-refractivity contribution in [2.75, 3.05) is 21.3 Å². The Morgan fingerprint density at radius 3 is 1.29 bits per heavy atom. The van der Waals surface area contributed by atoms with E-state index < -0.39 is 7.12 Å². The Kier molecular flexibility index (Phi) is 21.6. The summed E-state index contributed by atoms with van der Waals surface area (Å²) < 4.78 is 56.5. The molecular formula is C58H54BBrF3N3O6. The van der Waals surface area contributed by atoms with Gasteiger partial charge in [0.1, 0.15) is 34.7 Å². The molecule has 0 aliphatic rings. The lowest BCUT2D eigenvalue weighted by atomic mass is 9.82. The van der Waals surface area contributed by atoms with E-state index in [1.54, 1.807) is 76.2 Å². The summed E-state index contributed by atoms with van der Waals surface area (Å²) in [5.41, 5.74) is 10.6. The highest BCUT2D eigenvalue weighted by molar-refractivity contribution is 9.10. The van der Waals surface area contributed by atoms with Crippen molar-refractivity contribution < 1.29 is 42.2 Å². The van der Waals surface area contributed by atoms with E-state index >= 15 is 0 Å². The molecule has 9 rings (SSSR count). The molecule has 9 nitrogen and oxygen atoms in total. The van der Waals surface area contributed by atoms with Gasteiger partial charge in [0.05, 0.1) is 31.4 Å². The van der Waals surface area contributed by atoms with E-state index in [-0.39, 0.29) is 24.9 Å². The molecule has 0 spiro atoms. The van der Waals surface area contributed by atoms with Gasteiger partial charge in [0.25, 0.3) is 0 Å². The second-order valence-corrected chi connectivity index (χ2v) is 16.7. The second kappa shape index (κ2) is 28.2. The molecular weight excluding hydrogens is 982 g/mol. The summed E-state index contributed by atoms with van der Waals surface area (Å²) in [4.78, 5) is 7.85. The molecule has 6 aromatic carbocycles. The molecule has 0 fully saturated rings. The van der Waals surface area contributed by atoms with Gasteiger partial charge in [0, 0.05) is 53.0 Å². The standard InChI is InChI=1S/C19H16FNO2.C19H16FNO.C14H12BrFO.C5H6BNO2.CH4/c1-23-19-9-6-15(11-14-4-7-17(20)8-5-14)12-18(19)16-3-2-10-21(22)13-16;1-22-19-9-6-15(11-14-4-7-17(20)8-5-14)12-18(19)16-3-2-10-21-13-16;1-17-14-7-4-11(9-13(14)15)8-10-2-5-12(16)6-3-10;8-6(9)5-2-1-3-7-4-5;/h2-10,12-13H,11H2,1H3;2-10,12-13H,11H2,1H3;2-7,9H,8H2,1H3;1-4,8-9H;1H4. The molecule has 0 bridgehead atoms. The fraction of sp³-hybridized carbons (Fsp3) is 0.121. The average molecular weight is 1040 g/mol. The number of halogens is 4. The number of methoxy groups -OCH3 is 3. The summed E-state index contributed by atoms with van der Waals surface area (Å²) in [6.07, 6.45) is 11.7. The quantitative estimate of drug-likeness (QED) is 0.0705. The summed E-state index contributed by atoms with van der Waals surface area (Å²) in [5.74, 6) is 1.68. The monoisotopic (exact) mass is 1040 g/mol. The molecule has 0 saturated heterocycles. The molecule has 368 valence electrons. The first kappa shape index (κ1) is 55.2. The SMILES string of the molecule is C.COc1ccc(Cc2ccc(F)cc2)cc1-c1ccc[n+]([O-])c1.COc1ccc(Cc2ccc(F)cc2)cc1-c1cccnc1.COc1ccc(Cc2ccc(F)cc2)cc1Br.OB(O)c1cccnc1. The predicted octanol–water partition coefficient (Wildman–Crippen LogP) is 11.8. The van der Waals surface area contributed by atoms with Crippen LogP contribution >= 0.6 is 15.9 Å². The Bertz CT molecular complexity index is 3050. The fourth-order valence-corrected chi connectivity index (χ4v) is 7.77. The molecule has 72 heavy (non-hydrogen) atoms. The van der Waals surface area contributed by atoms with E-state index in [4.69, 9.17) is 24.3 Å². The lowest BCUT2D eigenvalue weighted by Gasteiger charge is -2.11. The molecule has 9 aromatic rings. The predicted molar refractivity (Wildman–Crippen MR) is 283 cm³/mol. The molecule has 3 aromatic heterocycles. The van der Waals surface area contributed by atoms with Crippen molar-refractivity contribution in [3.05, 3.63) is 261 Å². The van der Waals surface area contributed by atoms with E-state index in [0.29, 0.717) is 17.6 Å². The van der Waals surface area contributed by atoms with Crippen LogP contribution in [0.5, 0.6) is 17.2 Å². The summed E-state index contributed by atoms with van der Waals surface area (Å²) in [7, 11) is 3.50. The zero-order chi connectivity index (χ0) is 50.5. The number of hydrogen-bond donors (Lipinski definition) is 2. The largest absolute Gasteiger partial charge is 0.619 e. The van der Waals surface area contributed by atoms with Gasteiger partial charge in [-0.3, -0.25) is 9.97 Å². The smallest absolute Gasteiger partial charge is 0.490 e. The molecule has 3 heterocycles. The maximum absolute atomic E-state index is 13.0.